The topological polar surface area (TPSA) is 97.0 Å². The molecule has 0 bridgehead atoms. The standard InChI is InChI=1S/C14H20FN5O.ClH/c1-3-4-5-14(2,8-21)20-12-11-10(18-13(16)19-12)6-9(15)7-17-11;/h6-7,21H,3-5,8H2,1-2H3,(H3,16,18,19,20);1H. The summed E-state index contributed by atoms with van der Waals surface area (Å²) >= 11 is 0. The lowest BCUT2D eigenvalue weighted by Crippen LogP contribution is -2.39. The molecule has 122 valence electrons. The summed E-state index contributed by atoms with van der Waals surface area (Å²) < 4.78 is 13.2. The van der Waals surface area contributed by atoms with Crippen molar-refractivity contribution in [3.05, 3.63) is 18.1 Å². The lowest BCUT2D eigenvalue weighted by molar-refractivity contribution is 0.212. The van der Waals surface area contributed by atoms with Gasteiger partial charge in [-0.05, 0) is 13.3 Å². The fourth-order valence-electron chi connectivity index (χ4n) is 2.13. The van der Waals surface area contributed by atoms with Crippen LogP contribution in [0.1, 0.15) is 33.1 Å². The molecule has 2 aromatic heterocycles. The molecule has 0 radical (unpaired) electrons. The van der Waals surface area contributed by atoms with E-state index in [-0.39, 0.29) is 25.0 Å². The summed E-state index contributed by atoms with van der Waals surface area (Å²) in [6.07, 6.45) is 3.86. The molecule has 0 aliphatic rings. The molecular weight excluding hydrogens is 309 g/mol. The number of nitrogens with two attached hydrogens (primary N) is 1. The first-order valence-corrected chi connectivity index (χ1v) is 6.95. The minimum Gasteiger partial charge on any atom is -0.394 e. The van der Waals surface area contributed by atoms with E-state index in [9.17, 15) is 9.50 Å². The van der Waals surface area contributed by atoms with Crippen molar-refractivity contribution >= 4 is 35.2 Å². The van der Waals surface area contributed by atoms with Crippen molar-refractivity contribution in [3.63, 3.8) is 0 Å². The Morgan fingerprint density at radius 2 is 2.14 bits per heavy atom. The van der Waals surface area contributed by atoms with E-state index in [1.54, 1.807) is 0 Å². The molecule has 1 unspecified atom stereocenters. The minimum absolute atomic E-state index is 0. The van der Waals surface area contributed by atoms with Gasteiger partial charge in [0.05, 0.1) is 23.9 Å². The van der Waals surface area contributed by atoms with Gasteiger partial charge in [-0.1, -0.05) is 19.8 Å². The highest BCUT2D eigenvalue weighted by Crippen LogP contribution is 2.25. The van der Waals surface area contributed by atoms with Gasteiger partial charge in [-0.25, -0.2) is 14.4 Å². The third-order valence-electron chi connectivity index (χ3n) is 3.37. The van der Waals surface area contributed by atoms with Crippen LogP contribution in [0.5, 0.6) is 0 Å². The molecule has 0 fully saturated rings. The number of fused-ring (bicyclic) bond motifs is 1. The van der Waals surface area contributed by atoms with Crippen molar-refractivity contribution in [1.29, 1.82) is 0 Å². The van der Waals surface area contributed by atoms with Crippen LogP contribution in [-0.4, -0.2) is 32.2 Å². The Labute approximate surface area is 134 Å². The molecule has 22 heavy (non-hydrogen) atoms. The average Bonchev–Trinajstić information content (AvgIpc) is 2.44. The minimum atomic E-state index is -0.542. The summed E-state index contributed by atoms with van der Waals surface area (Å²) in [7, 11) is 0. The maximum absolute atomic E-state index is 13.2. The number of nitrogen functional groups attached to an aromatic ring is 1. The van der Waals surface area contributed by atoms with Crippen molar-refractivity contribution in [2.75, 3.05) is 17.7 Å². The van der Waals surface area contributed by atoms with Gasteiger partial charge in [0.25, 0.3) is 0 Å². The van der Waals surface area contributed by atoms with Crippen LogP contribution in [0.15, 0.2) is 12.3 Å². The Kier molecular flexibility index (Phi) is 6.25. The van der Waals surface area contributed by atoms with E-state index in [1.807, 2.05) is 6.92 Å². The van der Waals surface area contributed by atoms with Gasteiger partial charge in [0.2, 0.25) is 5.95 Å². The number of anilines is 2. The van der Waals surface area contributed by atoms with Crippen molar-refractivity contribution in [2.24, 2.45) is 0 Å². The molecule has 6 nitrogen and oxygen atoms in total. The fraction of sp³-hybridized carbons (Fsp3) is 0.500. The van der Waals surface area contributed by atoms with Crippen LogP contribution in [-0.2, 0) is 0 Å². The highest BCUT2D eigenvalue weighted by Gasteiger charge is 2.24. The zero-order valence-corrected chi connectivity index (χ0v) is 13.5. The van der Waals surface area contributed by atoms with Gasteiger partial charge in [0, 0.05) is 6.07 Å². The first-order chi connectivity index (χ1) is 9.97. The lowest BCUT2D eigenvalue weighted by Gasteiger charge is -2.29. The Bertz CT molecular complexity index is 637. The average molecular weight is 330 g/mol. The molecule has 0 saturated carbocycles. The number of hydrogen-bond donors (Lipinski definition) is 3. The van der Waals surface area contributed by atoms with E-state index < -0.39 is 11.4 Å². The van der Waals surface area contributed by atoms with Crippen LogP contribution in [0.3, 0.4) is 0 Å². The summed E-state index contributed by atoms with van der Waals surface area (Å²) in [6, 6.07) is 1.26. The molecule has 0 aliphatic heterocycles. The molecule has 0 spiro atoms. The number of nitrogens with zero attached hydrogens (tertiary/aromatic N) is 3. The maximum atomic E-state index is 13.2. The summed E-state index contributed by atoms with van der Waals surface area (Å²) in [6.45, 7) is 3.93. The van der Waals surface area contributed by atoms with Gasteiger partial charge in [-0.3, -0.25) is 0 Å². The van der Waals surface area contributed by atoms with Gasteiger partial charge in [-0.15, -0.1) is 12.4 Å². The number of nitrogens with one attached hydrogen (secondary N) is 1. The van der Waals surface area contributed by atoms with Gasteiger partial charge in [0.15, 0.2) is 5.82 Å². The Balaban J connectivity index is 0.00000242. The number of aliphatic hydroxyl groups is 1. The second-order valence-corrected chi connectivity index (χ2v) is 5.40. The molecule has 4 N–H and O–H groups in total. The van der Waals surface area contributed by atoms with Crippen LogP contribution >= 0.6 is 12.4 Å². The number of aromatic nitrogens is 3. The number of rotatable bonds is 6. The van der Waals surface area contributed by atoms with Crippen molar-refractivity contribution in [1.82, 2.24) is 15.0 Å². The molecule has 2 rings (SSSR count). The smallest absolute Gasteiger partial charge is 0.222 e. The van der Waals surface area contributed by atoms with Crippen LogP contribution < -0.4 is 11.1 Å². The molecule has 2 heterocycles. The van der Waals surface area contributed by atoms with Gasteiger partial charge < -0.3 is 16.2 Å². The normalized spacial score (nSPS) is 13.5. The van der Waals surface area contributed by atoms with Crippen LogP contribution in [0.2, 0.25) is 0 Å². The van der Waals surface area contributed by atoms with Crippen LogP contribution in [0, 0.1) is 5.82 Å². The molecule has 0 aliphatic carbocycles. The van der Waals surface area contributed by atoms with Crippen LogP contribution in [0.4, 0.5) is 16.2 Å². The molecule has 0 aromatic carbocycles. The van der Waals surface area contributed by atoms with Gasteiger partial charge in [-0.2, -0.15) is 4.98 Å². The number of pyridine rings is 1. The van der Waals surface area contributed by atoms with Crippen molar-refractivity contribution in [3.8, 4) is 0 Å². The molecule has 2 aromatic rings. The number of hydrogen-bond acceptors (Lipinski definition) is 6. The first-order valence-electron chi connectivity index (χ1n) is 6.95. The third-order valence-corrected chi connectivity index (χ3v) is 3.37. The molecule has 0 amide bonds. The van der Waals surface area contributed by atoms with E-state index in [2.05, 4.69) is 27.2 Å². The largest absolute Gasteiger partial charge is 0.394 e. The van der Waals surface area contributed by atoms with E-state index in [4.69, 9.17) is 5.73 Å². The monoisotopic (exact) mass is 329 g/mol. The molecule has 0 saturated heterocycles. The second-order valence-electron chi connectivity index (χ2n) is 5.40. The maximum Gasteiger partial charge on any atom is 0.222 e. The zero-order valence-electron chi connectivity index (χ0n) is 12.6. The highest BCUT2D eigenvalue weighted by molar-refractivity contribution is 5.86. The zero-order chi connectivity index (χ0) is 15.5. The Morgan fingerprint density at radius 3 is 2.77 bits per heavy atom. The molecular formula is C14H21ClFN5O. The van der Waals surface area contributed by atoms with Gasteiger partial charge >= 0.3 is 0 Å². The highest BCUT2D eigenvalue weighted by atomic mass is 35.5. The fourth-order valence-corrected chi connectivity index (χ4v) is 2.13. The lowest BCUT2D eigenvalue weighted by atomic mass is 9.96. The van der Waals surface area contributed by atoms with Gasteiger partial charge in [0.1, 0.15) is 11.3 Å². The number of unbranched alkanes of at least 4 members (excludes halogenated alkanes) is 1. The second kappa shape index (κ2) is 7.51. The Morgan fingerprint density at radius 1 is 1.41 bits per heavy atom. The Hall–Kier alpha value is -1.73. The van der Waals surface area contributed by atoms with Crippen molar-refractivity contribution < 1.29 is 9.50 Å². The van der Waals surface area contributed by atoms with Crippen LogP contribution in [0.25, 0.3) is 11.0 Å². The third kappa shape index (κ3) is 4.14. The predicted molar refractivity (Wildman–Crippen MR) is 87.6 cm³/mol. The predicted octanol–water partition coefficient (Wildman–Crippen LogP) is 2.52. The molecule has 8 heteroatoms. The van der Waals surface area contributed by atoms with Crippen molar-refractivity contribution in [2.45, 2.75) is 38.6 Å². The van der Waals surface area contributed by atoms with E-state index in [0.29, 0.717) is 16.9 Å². The van der Waals surface area contributed by atoms with E-state index in [1.165, 1.54) is 6.07 Å². The summed E-state index contributed by atoms with van der Waals surface area (Å²) in [5, 5.41) is 12.8. The summed E-state index contributed by atoms with van der Waals surface area (Å²) in [4.78, 5) is 12.1. The summed E-state index contributed by atoms with van der Waals surface area (Å²) in [5.41, 5.74) is 5.88. The SMILES string of the molecule is CCCCC(C)(CO)Nc1nc(N)nc2cc(F)cnc12.Cl. The first kappa shape index (κ1) is 18.3. The molecule has 1 atom stereocenters. The van der Waals surface area contributed by atoms with E-state index >= 15 is 0 Å². The van der Waals surface area contributed by atoms with E-state index in [0.717, 1.165) is 25.5 Å². The summed E-state index contributed by atoms with van der Waals surface area (Å²) in [5.74, 6) is -0.0409. The quantitative estimate of drug-likeness (QED) is 0.753. The number of aliphatic hydroxyl groups excluding tert-OH is 1. The number of halogens is 2.